The summed E-state index contributed by atoms with van der Waals surface area (Å²) in [5, 5.41) is 3.87. The molecule has 2 heteroatoms. The quantitative estimate of drug-likeness (QED) is 0.793. The number of hydrogen-bond donors (Lipinski definition) is 1. The Hall–Kier alpha value is -0.0800. The van der Waals surface area contributed by atoms with Gasteiger partial charge < -0.3 is 10.2 Å². The molecule has 1 saturated heterocycles. The van der Waals surface area contributed by atoms with Crippen molar-refractivity contribution in [2.45, 2.75) is 71.8 Å². The van der Waals surface area contributed by atoms with Crippen molar-refractivity contribution in [2.24, 2.45) is 17.8 Å². The van der Waals surface area contributed by atoms with Gasteiger partial charge in [-0.1, -0.05) is 40.0 Å². The number of rotatable bonds is 6. The molecule has 2 nitrogen and oxygen atoms in total. The van der Waals surface area contributed by atoms with Crippen LogP contribution in [0.3, 0.4) is 0 Å². The lowest BCUT2D eigenvalue weighted by atomic mass is 9.79. The van der Waals surface area contributed by atoms with E-state index in [-0.39, 0.29) is 0 Å². The van der Waals surface area contributed by atoms with Gasteiger partial charge in [0.25, 0.3) is 0 Å². The van der Waals surface area contributed by atoms with E-state index >= 15 is 0 Å². The molecule has 0 aromatic heterocycles. The van der Waals surface area contributed by atoms with Crippen LogP contribution in [0, 0.1) is 17.8 Å². The predicted molar refractivity (Wildman–Crippen MR) is 88.0 cm³/mol. The van der Waals surface area contributed by atoms with Crippen LogP contribution >= 0.6 is 0 Å². The van der Waals surface area contributed by atoms with Crippen LogP contribution in [-0.2, 0) is 0 Å². The average Bonchev–Trinajstić information content (AvgIpc) is 2.46. The topological polar surface area (TPSA) is 15.3 Å². The molecular weight excluding hydrogens is 244 g/mol. The molecule has 2 aliphatic rings. The Morgan fingerprint density at radius 2 is 1.75 bits per heavy atom. The average molecular weight is 280 g/mol. The second-order valence-electron chi connectivity index (χ2n) is 7.74. The minimum atomic E-state index is 0.792. The SMILES string of the molecule is CC(CNC1CCCC(C(C)C)C1)CN1CCCCC1. The van der Waals surface area contributed by atoms with Crippen molar-refractivity contribution >= 4 is 0 Å². The summed E-state index contributed by atoms with van der Waals surface area (Å²) in [7, 11) is 0. The Labute approximate surface area is 126 Å². The molecular formula is C18H36N2. The highest BCUT2D eigenvalue weighted by Crippen LogP contribution is 2.29. The van der Waals surface area contributed by atoms with Gasteiger partial charge in [-0.25, -0.2) is 0 Å². The van der Waals surface area contributed by atoms with Gasteiger partial charge in [-0.3, -0.25) is 0 Å². The molecule has 3 unspecified atom stereocenters. The van der Waals surface area contributed by atoms with Crippen molar-refractivity contribution in [3.05, 3.63) is 0 Å². The smallest absolute Gasteiger partial charge is 0.00699 e. The molecule has 0 aromatic rings. The molecule has 0 bridgehead atoms. The first-order chi connectivity index (χ1) is 9.65. The Balaban J connectivity index is 1.63. The van der Waals surface area contributed by atoms with Gasteiger partial charge in [0, 0.05) is 12.6 Å². The third kappa shape index (κ3) is 5.37. The third-order valence-corrected chi connectivity index (χ3v) is 5.43. The molecule has 1 saturated carbocycles. The van der Waals surface area contributed by atoms with Crippen molar-refractivity contribution < 1.29 is 0 Å². The molecule has 118 valence electrons. The van der Waals surface area contributed by atoms with Crippen LogP contribution < -0.4 is 5.32 Å². The van der Waals surface area contributed by atoms with Crippen molar-refractivity contribution in [1.82, 2.24) is 10.2 Å². The molecule has 1 aliphatic heterocycles. The fourth-order valence-corrected chi connectivity index (χ4v) is 4.03. The fraction of sp³-hybridized carbons (Fsp3) is 1.00. The highest BCUT2D eigenvalue weighted by atomic mass is 15.1. The predicted octanol–water partition coefficient (Wildman–Crippen LogP) is 3.91. The Kier molecular flexibility index (Phi) is 6.83. The second kappa shape index (κ2) is 8.38. The second-order valence-corrected chi connectivity index (χ2v) is 7.74. The third-order valence-electron chi connectivity index (χ3n) is 5.43. The molecule has 0 aromatic carbocycles. The van der Waals surface area contributed by atoms with Gasteiger partial charge in [0.1, 0.15) is 0 Å². The van der Waals surface area contributed by atoms with Gasteiger partial charge in [0.2, 0.25) is 0 Å². The number of nitrogens with one attached hydrogen (secondary N) is 1. The fourth-order valence-electron chi connectivity index (χ4n) is 4.03. The van der Waals surface area contributed by atoms with E-state index in [0.29, 0.717) is 0 Å². The molecule has 3 atom stereocenters. The monoisotopic (exact) mass is 280 g/mol. The number of nitrogens with zero attached hydrogens (tertiary/aromatic N) is 1. The van der Waals surface area contributed by atoms with Crippen LogP contribution in [0.5, 0.6) is 0 Å². The summed E-state index contributed by atoms with van der Waals surface area (Å²) in [6.45, 7) is 12.4. The van der Waals surface area contributed by atoms with Crippen LogP contribution in [0.2, 0.25) is 0 Å². The lowest BCUT2D eigenvalue weighted by molar-refractivity contribution is 0.188. The van der Waals surface area contributed by atoms with E-state index in [4.69, 9.17) is 0 Å². The first-order valence-corrected chi connectivity index (χ1v) is 9.11. The van der Waals surface area contributed by atoms with Gasteiger partial charge in [-0.05, 0) is 63.1 Å². The Morgan fingerprint density at radius 1 is 1.00 bits per heavy atom. The zero-order valence-corrected chi connectivity index (χ0v) is 14.0. The summed E-state index contributed by atoms with van der Waals surface area (Å²) >= 11 is 0. The van der Waals surface area contributed by atoms with Crippen LogP contribution in [0.15, 0.2) is 0 Å². The maximum absolute atomic E-state index is 3.87. The highest BCUT2D eigenvalue weighted by molar-refractivity contribution is 4.80. The summed E-state index contributed by atoms with van der Waals surface area (Å²) in [6.07, 6.45) is 9.98. The zero-order valence-electron chi connectivity index (χ0n) is 14.0. The van der Waals surface area contributed by atoms with Gasteiger partial charge in [-0.15, -0.1) is 0 Å². The van der Waals surface area contributed by atoms with E-state index in [9.17, 15) is 0 Å². The van der Waals surface area contributed by atoms with Crippen LogP contribution in [0.25, 0.3) is 0 Å². The molecule has 1 aliphatic carbocycles. The van der Waals surface area contributed by atoms with Crippen LogP contribution in [0.4, 0.5) is 0 Å². The molecule has 0 amide bonds. The van der Waals surface area contributed by atoms with E-state index in [0.717, 1.165) is 23.8 Å². The highest BCUT2D eigenvalue weighted by Gasteiger charge is 2.24. The van der Waals surface area contributed by atoms with Crippen molar-refractivity contribution in [3.63, 3.8) is 0 Å². The largest absolute Gasteiger partial charge is 0.314 e. The van der Waals surface area contributed by atoms with E-state index in [2.05, 4.69) is 31.0 Å². The van der Waals surface area contributed by atoms with E-state index in [1.54, 1.807) is 0 Å². The standard InChI is InChI=1S/C18H36N2/c1-15(2)17-8-7-9-18(12-17)19-13-16(3)14-20-10-5-4-6-11-20/h15-19H,4-14H2,1-3H3. The Morgan fingerprint density at radius 3 is 2.45 bits per heavy atom. The summed E-state index contributed by atoms with van der Waals surface area (Å²) in [6, 6.07) is 0.792. The van der Waals surface area contributed by atoms with Crippen LogP contribution in [0.1, 0.15) is 65.7 Å². The summed E-state index contributed by atoms with van der Waals surface area (Å²) < 4.78 is 0. The van der Waals surface area contributed by atoms with E-state index in [1.807, 2.05) is 0 Å². The van der Waals surface area contributed by atoms with Crippen LogP contribution in [-0.4, -0.2) is 37.1 Å². The molecule has 20 heavy (non-hydrogen) atoms. The van der Waals surface area contributed by atoms with Gasteiger partial charge >= 0.3 is 0 Å². The minimum absolute atomic E-state index is 0.792. The molecule has 1 heterocycles. The summed E-state index contributed by atoms with van der Waals surface area (Å²) in [5.41, 5.74) is 0. The van der Waals surface area contributed by atoms with Crippen molar-refractivity contribution in [3.8, 4) is 0 Å². The molecule has 2 fully saturated rings. The van der Waals surface area contributed by atoms with Gasteiger partial charge in [0.15, 0.2) is 0 Å². The Bertz CT molecular complexity index is 258. The summed E-state index contributed by atoms with van der Waals surface area (Å²) in [5.74, 6) is 2.62. The normalized spacial score (nSPS) is 30.6. The van der Waals surface area contributed by atoms with E-state index < -0.39 is 0 Å². The zero-order chi connectivity index (χ0) is 14.4. The van der Waals surface area contributed by atoms with Gasteiger partial charge in [-0.2, -0.15) is 0 Å². The maximum atomic E-state index is 3.87. The van der Waals surface area contributed by atoms with Crippen molar-refractivity contribution in [2.75, 3.05) is 26.2 Å². The minimum Gasteiger partial charge on any atom is -0.314 e. The molecule has 2 rings (SSSR count). The lowest BCUT2D eigenvalue weighted by Crippen LogP contribution is -2.41. The number of hydrogen-bond acceptors (Lipinski definition) is 2. The first kappa shape index (κ1) is 16.3. The first-order valence-electron chi connectivity index (χ1n) is 9.11. The molecule has 0 spiro atoms. The van der Waals surface area contributed by atoms with E-state index in [1.165, 1.54) is 71.1 Å². The maximum Gasteiger partial charge on any atom is 0.00699 e. The van der Waals surface area contributed by atoms with Crippen molar-refractivity contribution in [1.29, 1.82) is 0 Å². The van der Waals surface area contributed by atoms with Gasteiger partial charge in [0.05, 0.1) is 0 Å². The molecule has 1 N–H and O–H groups in total. The lowest BCUT2D eigenvalue weighted by Gasteiger charge is -2.34. The number of piperidine rings is 1. The molecule has 0 radical (unpaired) electrons. The summed E-state index contributed by atoms with van der Waals surface area (Å²) in [4.78, 5) is 2.67. The number of likely N-dealkylation sites (tertiary alicyclic amines) is 1.